The van der Waals surface area contributed by atoms with Crippen LogP contribution in [0.5, 0.6) is 0 Å². The Morgan fingerprint density at radius 3 is 2.92 bits per heavy atom. The summed E-state index contributed by atoms with van der Waals surface area (Å²) in [4.78, 5) is 7.48. The van der Waals surface area contributed by atoms with E-state index in [9.17, 15) is 4.39 Å². The smallest absolute Gasteiger partial charge is 0.168 e. The zero-order valence-corrected chi connectivity index (χ0v) is 6.53. The molecule has 0 spiro atoms. The number of nitrogen functional groups attached to an aromatic ring is 2. The normalized spacial score (nSPS) is 10.6. The van der Waals surface area contributed by atoms with Crippen LogP contribution < -0.4 is 17.1 Å². The van der Waals surface area contributed by atoms with E-state index in [1.54, 1.807) is 0 Å². The lowest BCUT2D eigenvalue weighted by Crippen LogP contribution is -2.20. The summed E-state index contributed by atoms with van der Waals surface area (Å²) in [7, 11) is 0. The SMILES string of the molecule is NNn1cc(F)c2c(N)ncnc21. The second kappa shape index (κ2) is 2.56. The first-order chi connectivity index (χ1) is 6.24. The number of rotatable bonds is 1. The fourth-order valence-electron chi connectivity index (χ4n) is 1.14. The molecule has 0 saturated heterocycles. The largest absolute Gasteiger partial charge is 0.383 e. The summed E-state index contributed by atoms with van der Waals surface area (Å²) in [6.45, 7) is 0. The molecule has 7 heteroatoms. The highest BCUT2D eigenvalue weighted by atomic mass is 19.1. The molecule has 6 nitrogen and oxygen atoms in total. The molecule has 13 heavy (non-hydrogen) atoms. The van der Waals surface area contributed by atoms with E-state index in [-0.39, 0.29) is 11.2 Å². The van der Waals surface area contributed by atoms with Crippen molar-refractivity contribution in [1.82, 2.24) is 14.6 Å². The summed E-state index contributed by atoms with van der Waals surface area (Å²) < 4.78 is 14.4. The minimum Gasteiger partial charge on any atom is -0.383 e. The van der Waals surface area contributed by atoms with Gasteiger partial charge < -0.3 is 5.73 Å². The first kappa shape index (κ1) is 7.74. The molecule has 0 aliphatic heterocycles. The molecule has 2 rings (SSSR count). The minimum absolute atomic E-state index is 0.0940. The Bertz CT molecular complexity index is 450. The summed E-state index contributed by atoms with van der Waals surface area (Å²) in [5.41, 5.74) is 8.01. The number of hydrogen-bond donors (Lipinski definition) is 3. The van der Waals surface area contributed by atoms with Crippen LogP contribution in [-0.4, -0.2) is 14.6 Å². The van der Waals surface area contributed by atoms with Gasteiger partial charge in [0, 0.05) is 0 Å². The monoisotopic (exact) mass is 182 g/mol. The molecule has 0 aliphatic carbocycles. The van der Waals surface area contributed by atoms with E-state index in [1.165, 1.54) is 11.0 Å². The van der Waals surface area contributed by atoms with E-state index in [1.807, 2.05) is 0 Å². The van der Waals surface area contributed by atoms with E-state index < -0.39 is 5.82 Å². The molecule has 0 atom stereocenters. The average molecular weight is 182 g/mol. The van der Waals surface area contributed by atoms with E-state index in [0.717, 1.165) is 6.20 Å². The highest BCUT2D eigenvalue weighted by molar-refractivity contribution is 5.86. The van der Waals surface area contributed by atoms with Gasteiger partial charge in [0.2, 0.25) is 0 Å². The second-order valence-electron chi connectivity index (χ2n) is 2.43. The van der Waals surface area contributed by atoms with Crippen LogP contribution in [0.1, 0.15) is 0 Å². The predicted octanol–water partition coefficient (Wildman–Crippen LogP) is -0.430. The van der Waals surface area contributed by atoms with Crippen LogP contribution in [-0.2, 0) is 0 Å². The molecule has 2 aromatic heterocycles. The fourth-order valence-corrected chi connectivity index (χ4v) is 1.14. The number of nitrogens with one attached hydrogen (secondary N) is 1. The number of hydrazine groups is 1. The Morgan fingerprint density at radius 2 is 2.23 bits per heavy atom. The number of nitrogens with two attached hydrogens (primary N) is 2. The topological polar surface area (TPSA) is 94.8 Å². The van der Waals surface area contributed by atoms with Crippen LogP contribution in [0, 0.1) is 5.82 Å². The van der Waals surface area contributed by atoms with Crippen molar-refractivity contribution < 1.29 is 4.39 Å². The van der Waals surface area contributed by atoms with Gasteiger partial charge in [-0.15, -0.1) is 0 Å². The lowest BCUT2D eigenvalue weighted by atomic mass is 10.4. The van der Waals surface area contributed by atoms with E-state index in [4.69, 9.17) is 11.6 Å². The van der Waals surface area contributed by atoms with Gasteiger partial charge in [-0.3, -0.25) is 5.53 Å². The Kier molecular flexibility index (Phi) is 1.52. The number of aromatic nitrogens is 3. The van der Waals surface area contributed by atoms with Gasteiger partial charge in [0.05, 0.1) is 11.6 Å². The van der Waals surface area contributed by atoms with Gasteiger partial charge >= 0.3 is 0 Å². The molecule has 0 amide bonds. The highest BCUT2D eigenvalue weighted by Crippen LogP contribution is 2.20. The average Bonchev–Trinajstić information content (AvgIpc) is 2.44. The zero-order chi connectivity index (χ0) is 9.42. The second-order valence-corrected chi connectivity index (χ2v) is 2.43. The lowest BCUT2D eigenvalue weighted by molar-refractivity contribution is 0.633. The quantitative estimate of drug-likeness (QED) is 0.411. The first-order valence-corrected chi connectivity index (χ1v) is 3.47. The molecule has 0 unspecified atom stereocenters. The maximum Gasteiger partial charge on any atom is 0.168 e. The molecular weight excluding hydrogens is 175 g/mol. The standard InChI is InChI=1S/C6H7FN6/c7-3-1-13(12-9)6-4(3)5(8)10-2-11-6/h1-2,12H,9H2,(H2,8,10,11). The molecular formula is C6H7FN6. The molecule has 5 N–H and O–H groups in total. The number of halogens is 1. The third-order valence-corrected chi connectivity index (χ3v) is 1.71. The number of anilines is 1. The number of nitrogens with zero attached hydrogens (tertiary/aromatic N) is 3. The molecule has 0 fully saturated rings. The van der Waals surface area contributed by atoms with Crippen molar-refractivity contribution in [2.45, 2.75) is 0 Å². The molecule has 0 saturated carbocycles. The summed E-state index contributed by atoms with van der Waals surface area (Å²) >= 11 is 0. The fraction of sp³-hybridized carbons (Fsp3) is 0. The Morgan fingerprint density at radius 1 is 1.46 bits per heavy atom. The van der Waals surface area contributed by atoms with Crippen molar-refractivity contribution in [3.8, 4) is 0 Å². The van der Waals surface area contributed by atoms with Crippen molar-refractivity contribution in [2.75, 3.05) is 11.3 Å². The van der Waals surface area contributed by atoms with Crippen LogP contribution in [0.25, 0.3) is 11.0 Å². The van der Waals surface area contributed by atoms with E-state index in [2.05, 4.69) is 15.5 Å². The summed E-state index contributed by atoms with van der Waals surface area (Å²) in [6.07, 6.45) is 2.39. The highest BCUT2D eigenvalue weighted by Gasteiger charge is 2.11. The Balaban J connectivity index is 2.87. The molecule has 0 bridgehead atoms. The Labute approximate surface area is 72.3 Å². The molecule has 68 valence electrons. The van der Waals surface area contributed by atoms with Crippen LogP contribution in [0.15, 0.2) is 12.5 Å². The summed E-state index contributed by atoms with van der Waals surface area (Å²) in [6, 6.07) is 0. The predicted molar refractivity (Wildman–Crippen MR) is 45.4 cm³/mol. The van der Waals surface area contributed by atoms with Crippen LogP contribution in [0.4, 0.5) is 10.2 Å². The number of hydrogen-bond acceptors (Lipinski definition) is 5. The molecule has 2 heterocycles. The van der Waals surface area contributed by atoms with Crippen LogP contribution in [0.3, 0.4) is 0 Å². The van der Waals surface area contributed by atoms with Crippen molar-refractivity contribution >= 4 is 16.9 Å². The lowest BCUT2D eigenvalue weighted by Gasteiger charge is -2.00. The third-order valence-electron chi connectivity index (χ3n) is 1.71. The first-order valence-electron chi connectivity index (χ1n) is 3.47. The molecule has 0 radical (unpaired) electrons. The van der Waals surface area contributed by atoms with Gasteiger partial charge in [-0.2, -0.15) is 0 Å². The van der Waals surface area contributed by atoms with Crippen molar-refractivity contribution in [3.05, 3.63) is 18.3 Å². The molecule has 0 aromatic carbocycles. The summed E-state index contributed by atoms with van der Waals surface area (Å²) in [5, 5.41) is 0.167. The number of fused-ring (bicyclic) bond motifs is 1. The van der Waals surface area contributed by atoms with Gasteiger partial charge in [0.1, 0.15) is 12.1 Å². The Hall–Kier alpha value is -1.89. The third kappa shape index (κ3) is 0.975. The zero-order valence-electron chi connectivity index (χ0n) is 6.53. The van der Waals surface area contributed by atoms with Gasteiger partial charge in [-0.1, -0.05) is 0 Å². The van der Waals surface area contributed by atoms with Crippen molar-refractivity contribution in [1.29, 1.82) is 0 Å². The molecule has 0 aliphatic rings. The van der Waals surface area contributed by atoms with E-state index >= 15 is 0 Å². The van der Waals surface area contributed by atoms with Gasteiger partial charge in [0.25, 0.3) is 0 Å². The van der Waals surface area contributed by atoms with Crippen LogP contribution in [0.2, 0.25) is 0 Å². The summed E-state index contributed by atoms with van der Waals surface area (Å²) in [5.74, 6) is 4.71. The minimum atomic E-state index is -0.508. The maximum absolute atomic E-state index is 13.2. The molecule has 2 aromatic rings. The van der Waals surface area contributed by atoms with Crippen molar-refractivity contribution in [2.24, 2.45) is 5.84 Å². The maximum atomic E-state index is 13.2. The van der Waals surface area contributed by atoms with Gasteiger partial charge in [-0.05, 0) is 0 Å². The van der Waals surface area contributed by atoms with Gasteiger partial charge in [-0.25, -0.2) is 24.9 Å². The van der Waals surface area contributed by atoms with Gasteiger partial charge in [0.15, 0.2) is 11.5 Å². The van der Waals surface area contributed by atoms with Crippen LogP contribution >= 0.6 is 0 Å². The van der Waals surface area contributed by atoms with Crippen molar-refractivity contribution in [3.63, 3.8) is 0 Å². The van der Waals surface area contributed by atoms with E-state index in [0.29, 0.717) is 5.65 Å².